The van der Waals surface area contributed by atoms with Crippen LogP contribution in [0.3, 0.4) is 0 Å². The third-order valence-corrected chi connectivity index (χ3v) is 4.31. The number of nitrogens with two attached hydrogens (primary N) is 1. The summed E-state index contributed by atoms with van der Waals surface area (Å²) in [5.74, 6) is 2.93. The summed E-state index contributed by atoms with van der Waals surface area (Å²) in [6.07, 6.45) is 6.61. The molecule has 1 fully saturated rings. The molecule has 1 aromatic carbocycles. The first-order chi connectivity index (χ1) is 12.0. The third kappa shape index (κ3) is 4.02. The van der Waals surface area contributed by atoms with Crippen LogP contribution in [0.15, 0.2) is 22.7 Å². The van der Waals surface area contributed by atoms with Gasteiger partial charge in [-0.25, -0.2) is 0 Å². The van der Waals surface area contributed by atoms with E-state index in [0.717, 1.165) is 30.6 Å². The highest BCUT2D eigenvalue weighted by Crippen LogP contribution is 2.37. The Hall–Kier alpha value is -2.34. The van der Waals surface area contributed by atoms with Crippen molar-refractivity contribution in [2.45, 2.75) is 38.6 Å². The first-order valence-corrected chi connectivity index (χ1v) is 8.62. The fourth-order valence-electron chi connectivity index (χ4n) is 2.62. The minimum absolute atomic E-state index is 0.409. The molecule has 6 heteroatoms. The second-order valence-electron chi connectivity index (χ2n) is 6.91. The Morgan fingerprint density at radius 3 is 2.72 bits per heavy atom. The van der Waals surface area contributed by atoms with Crippen LogP contribution in [0.4, 0.5) is 0 Å². The highest BCUT2D eigenvalue weighted by Gasteiger charge is 2.38. The molecule has 0 unspecified atom stereocenters. The second-order valence-corrected chi connectivity index (χ2v) is 6.91. The lowest BCUT2D eigenvalue weighted by Crippen LogP contribution is -2.44. The normalized spacial score (nSPS) is 16.2. The number of benzene rings is 1. The Morgan fingerprint density at radius 1 is 1.28 bits per heavy atom. The first kappa shape index (κ1) is 17.5. The van der Waals surface area contributed by atoms with E-state index in [9.17, 15) is 0 Å². The van der Waals surface area contributed by atoms with Gasteiger partial charge in [0.2, 0.25) is 0 Å². The molecule has 0 bridgehead atoms. The summed E-state index contributed by atoms with van der Waals surface area (Å²) in [6.45, 7) is 4.87. The van der Waals surface area contributed by atoms with Crippen molar-refractivity contribution in [1.29, 1.82) is 0 Å². The summed E-state index contributed by atoms with van der Waals surface area (Å²) in [5, 5.41) is 4.00. The van der Waals surface area contributed by atoms with Gasteiger partial charge in [-0.3, -0.25) is 0 Å². The molecule has 0 amide bonds. The summed E-state index contributed by atoms with van der Waals surface area (Å²) in [5.41, 5.74) is 6.76. The molecule has 134 valence electrons. The van der Waals surface area contributed by atoms with E-state index in [2.05, 4.69) is 24.0 Å². The Morgan fingerprint density at radius 2 is 2.08 bits per heavy atom. The van der Waals surface area contributed by atoms with Gasteiger partial charge in [-0.15, -0.1) is 0 Å². The SMILES string of the molecule is COc1cc(/C=C/c2nc(C3(N)CCC3)no2)ccc1OCC(C)C. The van der Waals surface area contributed by atoms with E-state index in [1.54, 1.807) is 13.2 Å². The van der Waals surface area contributed by atoms with Crippen molar-refractivity contribution in [2.75, 3.05) is 13.7 Å². The van der Waals surface area contributed by atoms with Crippen LogP contribution in [-0.2, 0) is 5.54 Å². The maximum Gasteiger partial charge on any atom is 0.250 e. The molecule has 2 N–H and O–H groups in total. The van der Waals surface area contributed by atoms with Crippen LogP contribution in [0, 0.1) is 5.92 Å². The molecular weight excluding hydrogens is 318 g/mol. The van der Waals surface area contributed by atoms with E-state index < -0.39 is 5.54 Å². The molecule has 25 heavy (non-hydrogen) atoms. The number of hydrogen-bond acceptors (Lipinski definition) is 6. The maximum atomic E-state index is 6.21. The summed E-state index contributed by atoms with van der Waals surface area (Å²) in [7, 11) is 1.63. The molecule has 0 radical (unpaired) electrons. The van der Waals surface area contributed by atoms with Crippen molar-refractivity contribution in [3.05, 3.63) is 35.5 Å². The smallest absolute Gasteiger partial charge is 0.250 e. The highest BCUT2D eigenvalue weighted by molar-refractivity contribution is 5.67. The highest BCUT2D eigenvalue weighted by atomic mass is 16.5. The number of aromatic nitrogens is 2. The predicted octanol–water partition coefficient (Wildman–Crippen LogP) is 3.62. The average Bonchev–Trinajstić information content (AvgIpc) is 3.05. The summed E-state index contributed by atoms with van der Waals surface area (Å²) in [4.78, 5) is 4.38. The van der Waals surface area contributed by atoms with Crippen LogP contribution in [0.5, 0.6) is 11.5 Å². The molecule has 6 nitrogen and oxygen atoms in total. The lowest BCUT2D eigenvalue weighted by molar-refractivity contribution is 0.229. The molecule has 0 saturated heterocycles. The fourth-order valence-corrected chi connectivity index (χ4v) is 2.62. The predicted molar refractivity (Wildman–Crippen MR) is 96.3 cm³/mol. The standard InChI is InChI=1S/C19H25N3O3/c1-13(2)12-24-15-7-5-14(11-16(15)23-3)6-8-17-21-18(22-25-17)19(20)9-4-10-19/h5-8,11,13H,4,9-10,12,20H2,1-3H3/b8-6+. The second kappa shape index (κ2) is 7.27. The lowest BCUT2D eigenvalue weighted by Gasteiger charge is -2.34. The maximum absolute atomic E-state index is 6.21. The topological polar surface area (TPSA) is 83.4 Å². The molecule has 1 heterocycles. The zero-order valence-electron chi connectivity index (χ0n) is 15.0. The van der Waals surface area contributed by atoms with Gasteiger partial charge in [-0.05, 0) is 49.0 Å². The van der Waals surface area contributed by atoms with E-state index in [1.807, 2.05) is 24.3 Å². The number of nitrogens with zero attached hydrogens (tertiary/aromatic N) is 2. The van der Waals surface area contributed by atoms with E-state index in [4.69, 9.17) is 19.7 Å². The molecule has 1 aliphatic rings. The van der Waals surface area contributed by atoms with Crippen LogP contribution in [0.2, 0.25) is 0 Å². The van der Waals surface area contributed by atoms with Crippen molar-refractivity contribution in [3.8, 4) is 11.5 Å². The van der Waals surface area contributed by atoms with E-state index in [-0.39, 0.29) is 0 Å². The largest absolute Gasteiger partial charge is 0.493 e. The van der Waals surface area contributed by atoms with Crippen LogP contribution in [0.1, 0.15) is 50.4 Å². The van der Waals surface area contributed by atoms with E-state index >= 15 is 0 Å². The molecule has 1 saturated carbocycles. The van der Waals surface area contributed by atoms with Gasteiger partial charge < -0.3 is 19.7 Å². The van der Waals surface area contributed by atoms with E-state index in [0.29, 0.717) is 30.0 Å². The van der Waals surface area contributed by atoms with Gasteiger partial charge in [0.15, 0.2) is 17.3 Å². The van der Waals surface area contributed by atoms with Crippen LogP contribution in [0.25, 0.3) is 12.2 Å². The van der Waals surface area contributed by atoms with E-state index in [1.165, 1.54) is 0 Å². The molecule has 0 spiro atoms. The molecule has 0 aliphatic heterocycles. The molecule has 0 atom stereocenters. The van der Waals surface area contributed by atoms with Gasteiger partial charge in [0.1, 0.15) is 0 Å². The quantitative estimate of drug-likeness (QED) is 0.826. The Bertz CT molecular complexity index is 748. The fraction of sp³-hybridized carbons (Fsp3) is 0.474. The Balaban J connectivity index is 1.70. The Kier molecular flexibility index (Phi) is 5.08. The zero-order chi connectivity index (χ0) is 17.9. The van der Waals surface area contributed by atoms with Gasteiger partial charge >= 0.3 is 0 Å². The zero-order valence-corrected chi connectivity index (χ0v) is 15.0. The Labute approximate surface area is 148 Å². The molecule has 1 aliphatic carbocycles. The molecule has 3 rings (SSSR count). The van der Waals surface area contributed by atoms with Gasteiger partial charge in [-0.1, -0.05) is 25.1 Å². The van der Waals surface area contributed by atoms with Gasteiger partial charge in [0.25, 0.3) is 5.89 Å². The average molecular weight is 343 g/mol. The van der Waals surface area contributed by atoms with Crippen LogP contribution >= 0.6 is 0 Å². The van der Waals surface area contributed by atoms with Gasteiger partial charge in [-0.2, -0.15) is 4.98 Å². The van der Waals surface area contributed by atoms with Crippen LogP contribution < -0.4 is 15.2 Å². The van der Waals surface area contributed by atoms with Gasteiger partial charge in [0, 0.05) is 6.08 Å². The van der Waals surface area contributed by atoms with Crippen LogP contribution in [-0.4, -0.2) is 23.9 Å². The van der Waals surface area contributed by atoms with Crippen molar-refractivity contribution in [2.24, 2.45) is 11.7 Å². The monoisotopic (exact) mass is 343 g/mol. The number of methoxy groups -OCH3 is 1. The summed E-state index contributed by atoms with van der Waals surface area (Å²) in [6, 6.07) is 5.78. The number of hydrogen-bond donors (Lipinski definition) is 1. The third-order valence-electron chi connectivity index (χ3n) is 4.31. The van der Waals surface area contributed by atoms with Gasteiger partial charge in [0.05, 0.1) is 19.3 Å². The van der Waals surface area contributed by atoms with Crippen molar-refractivity contribution in [3.63, 3.8) is 0 Å². The number of ether oxygens (including phenoxy) is 2. The summed E-state index contributed by atoms with van der Waals surface area (Å²) < 4.78 is 16.4. The molecular formula is C19H25N3O3. The van der Waals surface area contributed by atoms with Crippen molar-refractivity contribution >= 4 is 12.2 Å². The minimum Gasteiger partial charge on any atom is -0.493 e. The van der Waals surface area contributed by atoms with Crippen molar-refractivity contribution in [1.82, 2.24) is 10.1 Å². The lowest BCUT2D eigenvalue weighted by atomic mass is 9.77. The molecule has 2 aromatic rings. The number of rotatable bonds is 7. The summed E-state index contributed by atoms with van der Waals surface area (Å²) >= 11 is 0. The molecule has 1 aromatic heterocycles. The minimum atomic E-state index is -0.409. The van der Waals surface area contributed by atoms with Crippen molar-refractivity contribution < 1.29 is 14.0 Å². The first-order valence-electron chi connectivity index (χ1n) is 8.62.